The molecule has 0 spiro atoms. The van der Waals surface area contributed by atoms with E-state index in [2.05, 4.69) is 10.3 Å². The molecule has 41 heavy (non-hydrogen) atoms. The number of methoxy groups -OCH3 is 1. The summed E-state index contributed by atoms with van der Waals surface area (Å²) >= 11 is 6.35. The Hall–Kier alpha value is -4.38. The maximum absolute atomic E-state index is 13.6. The van der Waals surface area contributed by atoms with Crippen molar-refractivity contribution in [1.82, 2.24) is 10.3 Å². The largest absolute Gasteiger partial charge is 0.493 e. The Balaban J connectivity index is 1.75. The molecule has 10 nitrogen and oxygen atoms in total. The Labute approximate surface area is 241 Å². The summed E-state index contributed by atoms with van der Waals surface area (Å²) in [4.78, 5) is 41.2. The molecule has 3 atom stereocenters. The van der Waals surface area contributed by atoms with Crippen molar-refractivity contribution in [3.05, 3.63) is 82.4 Å². The predicted molar refractivity (Wildman–Crippen MR) is 146 cm³/mol. The molecule has 12 heteroatoms. The van der Waals surface area contributed by atoms with Gasteiger partial charge in [0.2, 0.25) is 6.79 Å². The Morgan fingerprint density at radius 1 is 1.05 bits per heavy atom. The molecule has 218 valence electrons. The van der Waals surface area contributed by atoms with Gasteiger partial charge in [-0.25, -0.2) is 14.2 Å². The summed E-state index contributed by atoms with van der Waals surface area (Å²) in [6, 6.07) is 11.1. The molecular weight excluding hydrogens is 559 g/mol. The quantitative estimate of drug-likeness (QED) is 0.231. The minimum Gasteiger partial charge on any atom is -0.493 e. The molecule has 0 aliphatic rings. The Kier molecular flexibility index (Phi) is 10.9. The molecule has 0 fully saturated rings. The number of rotatable bonds is 12. The van der Waals surface area contributed by atoms with Crippen LogP contribution in [0.25, 0.3) is 0 Å². The van der Waals surface area contributed by atoms with Crippen LogP contribution in [0.4, 0.5) is 4.39 Å². The maximum Gasteiger partial charge on any atom is 0.328 e. The summed E-state index contributed by atoms with van der Waals surface area (Å²) in [5.74, 6) is -2.14. The molecular formula is C29H30ClFN2O8. The third-order valence-electron chi connectivity index (χ3n) is 5.74. The second kappa shape index (κ2) is 14.3. The first kappa shape index (κ1) is 31.2. The van der Waals surface area contributed by atoms with Crippen molar-refractivity contribution >= 4 is 29.4 Å². The Bertz CT molecular complexity index is 1390. The minimum absolute atomic E-state index is 0.0811. The summed E-state index contributed by atoms with van der Waals surface area (Å²) in [6.45, 7) is 5.63. The van der Waals surface area contributed by atoms with Crippen LogP contribution in [-0.4, -0.2) is 48.9 Å². The number of pyridine rings is 1. The number of carbonyl (C=O) groups is 3. The van der Waals surface area contributed by atoms with Crippen LogP contribution in [0.2, 0.25) is 5.02 Å². The average molecular weight is 589 g/mol. The molecule has 2 aromatic carbocycles. The van der Waals surface area contributed by atoms with Crippen molar-refractivity contribution in [2.45, 2.75) is 45.9 Å². The van der Waals surface area contributed by atoms with Crippen LogP contribution in [-0.2, 0) is 19.1 Å². The monoisotopic (exact) mass is 588 g/mol. The number of esters is 2. The van der Waals surface area contributed by atoms with Gasteiger partial charge in [0.1, 0.15) is 23.7 Å². The molecule has 0 unspecified atom stereocenters. The number of ether oxygens (including phenoxy) is 5. The molecule has 3 aromatic rings. The van der Waals surface area contributed by atoms with Crippen molar-refractivity contribution in [2.24, 2.45) is 0 Å². The van der Waals surface area contributed by atoms with E-state index in [9.17, 15) is 18.8 Å². The predicted octanol–water partition coefficient (Wildman–Crippen LogP) is 4.96. The number of nitrogens with one attached hydrogen (secondary N) is 1. The van der Waals surface area contributed by atoms with Gasteiger partial charge in [-0.2, -0.15) is 0 Å². The number of aryl methyl sites for hydroxylation is 1. The fourth-order valence-corrected chi connectivity index (χ4v) is 3.94. The molecule has 0 aliphatic heterocycles. The van der Waals surface area contributed by atoms with Crippen LogP contribution < -0.4 is 19.5 Å². The van der Waals surface area contributed by atoms with E-state index in [1.54, 1.807) is 19.1 Å². The average Bonchev–Trinajstić information content (AvgIpc) is 2.92. The van der Waals surface area contributed by atoms with E-state index in [-0.39, 0.29) is 17.2 Å². The van der Waals surface area contributed by atoms with Crippen molar-refractivity contribution in [3.63, 3.8) is 0 Å². The second-order valence-corrected chi connectivity index (χ2v) is 9.36. The van der Waals surface area contributed by atoms with Crippen LogP contribution in [0.15, 0.2) is 54.7 Å². The zero-order chi connectivity index (χ0) is 30.1. The minimum atomic E-state index is -1.13. The topological polar surface area (TPSA) is 122 Å². The van der Waals surface area contributed by atoms with Gasteiger partial charge in [0.05, 0.1) is 12.1 Å². The summed E-state index contributed by atoms with van der Waals surface area (Å²) in [5.41, 5.74) is 1.26. The standard InChI is InChI=1S/C29H30ClFN2O8/c1-16-6-11-23(22(30)14-16)41-26(20-7-9-21(31)10-8-20)18(3)40-29(36)17(2)33-28(35)25-27(39-15-38-19(4)34)24(37-5)12-13-32-25/h6-14,17-18,26H,15H2,1-5H3,(H,33,35)/t17-,18-,26-/m0/s1. The lowest BCUT2D eigenvalue weighted by Gasteiger charge is -2.27. The smallest absolute Gasteiger partial charge is 0.328 e. The third kappa shape index (κ3) is 8.55. The van der Waals surface area contributed by atoms with Gasteiger partial charge in [0.15, 0.2) is 23.3 Å². The van der Waals surface area contributed by atoms with Gasteiger partial charge in [-0.3, -0.25) is 9.59 Å². The van der Waals surface area contributed by atoms with E-state index >= 15 is 0 Å². The molecule has 1 amide bonds. The normalized spacial score (nSPS) is 12.9. The molecule has 3 rings (SSSR count). The highest BCUT2D eigenvalue weighted by Gasteiger charge is 2.29. The lowest BCUT2D eigenvalue weighted by atomic mass is 10.0. The van der Waals surface area contributed by atoms with Crippen LogP contribution >= 0.6 is 11.6 Å². The van der Waals surface area contributed by atoms with Gasteiger partial charge in [-0.05, 0) is 56.2 Å². The first-order chi connectivity index (χ1) is 19.5. The Morgan fingerprint density at radius 2 is 1.76 bits per heavy atom. The lowest BCUT2D eigenvalue weighted by Crippen LogP contribution is -2.42. The fraction of sp³-hybridized carbons (Fsp3) is 0.310. The van der Waals surface area contributed by atoms with E-state index in [1.807, 2.05) is 13.0 Å². The highest BCUT2D eigenvalue weighted by Crippen LogP contribution is 2.33. The zero-order valence-electron chi connectivity index (χ0n) is 23.1. The molecule has 1 heterocycles. The van der Waals surface area contributed by atoms with Gasteiger partial charge in [0, 0.05) is 19.2 Å². The number of aromatic nitrogens is 1. The van der Waals surface area contributed by atoms with E-state index in [0.717, 1.165) is 5.56 Å². The van der Waals surface area contributed by atoms with Gasteiger partial charge in [0.25, 0.3) is 5.91 Å². The first-order valence-electron chi connectivity index (χ1n) is 12.5. The molecule has 0 aliphatic carbocycles. The van der Waals surface area contributed by atoms with Gasteiger partial charge >= 0.3 is 11.9 Å². The number of hydrogen-bond acceptors (Lipinski definition) is 9. The van der Waals surface area contributed by atoms with Gasteiger partial charge in [-0.15, -0.1) is 0 Å². The lowest BCUT2D eigenvalue weighted by molar-refractivity contribution is -0.155. The molecule has 0 radical (unpaired) electrons. The summed E-state index contributed by atoms with van der Waals surface area (Å²) in [5, 5.41) is 2.87. The van der Waals surface area contributed by atoms with Crippen molar-refractivity contribution < 1.29 is 42.5 Å². The molecule has 1 N–H and O–H groups in total. The number of amides is 1. The van der Waals surface area contributed by atoms with Crippen molar-refractivity contribution in [3.8, 4) is 17.2 Å². The molecule has 0 saturated heterocycles. The number of nitrogens with zero attached hydrogens (tertiary/aromatic N) is 1. The fourth-order valence-electron chi connectivity index (χ4n) is 3.66. The maximum atomic E-state index is 13.6. The van der Waals surface area contributed by atoms with Crippen LogP contribution in [0.1, 0.15) is 48.5 Å². The highest BCUT2D eigenvalue weighted by molar-refractivity contribution is 6.32. The highest BCUT2D eigenvalue weighted by atomic mass is 35.5. The van der Waals surface area contributed by atoms with Crippen molar-refractivity contribution in [1.29, 1.82) is 0 Å². The van der Waals surface area contributed by atoms with Crippen molar-refractivity contribution in [2.75, 3.05) is 13.9 Å². The number of hydrogen-bond donors (Lipinski definition) is 1. The number of halogens is 2. The SMILES string of the molecule is COc1ccnc(C(=O)N[C@@H](C)C(=O)O[C@@H](C)[C@H](Oc2ccc(C)cc2Cl)c2ccc(F)cc2)c1OCOC(C)=O. The first-order valence-corrected chi connectivity index (χ1v) is 12.9. The summed E-state index contributed by atoms with van der Waals surface area (Å²) in [6.07, 6.45) is -0.426. The molecule has 0 bridgehead atoms. The summed E-state index contributed by atoms with van der Waals surface area (Å²) < 4.78 is 40.8. The number of benzene rings is 2. The van der Waals surface area contributed by atoms with E-state index in [4.69, 9.17) is 35.3 Å². The van der Waals surface area contributed by atoms with E-state index < -0.39 is 48.7 Å². The Morgan fingerprint density at radius 3 is 2.39 bits per heavy atom. The van der Waals surface area contributed by atoms with Crippen LogP contribution in [0.3, 0.4) is 0 Å². The van der Waals surface area contributed by atoms with E-state index in [0.29, 0.717) is 16.3 Å². The second-order valence-electron chi connectivity index (χ2n) is 8.95. The van der Waals surface area contributed by atoms with Gasteiger partial charge < -0.3 is 29.0 Å². The molecule has 0 saturated carbocycles. The number of carbonyl (C=O) groups excluding carboxylic acids is 3. The zero-order valence-corrected chi connectivity index (χ0v) is 23.9. The summed E-state index contributed by atoms with van der Waals surface area (Å²) in [7, 11) is 1.36. The van der Waals surface area contributed by atoms with Crippen LogP contribution in [0.5, 0.6) is 17.2 Å². The van der Waals surface area contributed by atoms with E-state index in [1.165, 1.54) is 57.5 Å². The van der Waals surface area contributed by atoms with Crippen LogP contribution in [0, 0.1) is 12.7 Å². The third-order valence-corrected chi connectivity index (χ3v) is 6.03. The van der Waals surface area contributed by atoms with Gasteiger partial charge in [-0.1, -0.05) is 29.8 Å². The molecule has 1 aromatic heterocycles.